The highest BCUT2D eigenvalue weighted by atomic mass is 16.2. The van der Waals surface area contributed by atoms with Gasteiger partial charge in [-0.25, -0.2) is 0 Å². The summed E-state index contributed by atoms with van der Waals surface area (Å²) in [7, 11) is 6.72. The van der Waals surface area contributed by atoms with Gasteiger partial charge in [0.2, 0.25) is 5.91 Å². The Balaban J connectivity index is 2.94. The predicted octanol–water partition coefficient (Wildman–Crippen LogP) is 0.153. The minimum atomic E-state index is -0.104. The molecule has 0 heterocycles. The van der Waals surface area contributed by atoms with Crippen molar-refractivity contribution in [2.24, 2.45) is 0 Å². The van der Waals surface area contributed by atoms with Crippen molar-refractivity contribution in [3.05, 3.63) is 23.8 Å². The molecule has 19 heavy (non-hydrogen) atoms. The molecule has 1 aromatic rings. The quantitative estimate of drug-likeness (QED) is 0.759. The first-order valence-electron chi connectivity index (χ1n) is 5.89. The van der Waals surface area contributed by atoms with Crippen LogP contribution in [0.2, 0.25) is 0 Å². The highest BCUT2D eigenvalue weighted by Crippen LogP contribution is 2.23. The number of carbonyl (C=O) groups is 2. The average Bonchev–Trinajstić information content (AvgIpc) is 2.37. The summed E-state index contributed by atoms with van der Waals surface area (Å²) < 4.78 is 0. The van der Waals surface area contributed by atoms with Crippen LogP contribution in [0.5, 0.6) is 0 Å². The van der Waals surface area contributed by atoms with Gasteiger partial charge in [0.1, 0.15) is 0 Å². The van der Waals surface area contributed by atoms with E-state index in [2.05, 4.69) is 5.32 Å². The van der Waals surface area contributed by atoms with Crippen LogP contribution >= 0.6 is 0 Å². The number of amides is 2. The number of rotatable bonds is 4. The van der Waals surface area contributed by atoms with Crippen molar-refractivity contribution in [3.8, 4) is 0 Å². The molecule has 0 aliphatic heterocycles. The zero-order chi connectivity index (χ0) is 14.6. The lowest BCUT2D eigenvalue weighted by molar-refractivity contribution is -0.119. The Morgan fingerprint density at radius 1 is 1.26 bits per heavy atom. The Morgan fingerprint density at radius 2 is 1.89 bits per heavy atom. The number of hydrogen-bond acceptors (Lipinski definition) is 4. The third-order valence-corrected chi connectivity index (χ3v) is 2.75. The number of hydrogen-bond donors (Lipinski definition) is 2. The Labute approximate surface area is 113 Å². The second-order valence-corrected chi connectivity index (χ2v) is 4.50. The summed E-state index contributed by atoms with van der Waals surface area (Å²) in [6.07, 6.45) is 0. The number of likely N-dealkylation sites (N-methyl/N-ethyl adjacent to an activating group) is 2. The molecule has 1 rings (SSSR count). The minimum Gasteiger partial charge on any atom is -0.397 e. The van der Waals surface area contributed by atoms with Gasteiger partial charge in [-0.15, -0.1) is 0 Å². The van der Waals surface area contributed by atoms with Gasteiger partial charge in [-0.1, -0.05) is 0 Å². The van der Waals surface area contributed by atoms with E-state index in [1.165, 1.54) is 4.90 Å². The van der Waals surface area contributed by atoms with Gasteiger partial charge in [-0.2, -0.15) is 0 Å². The van der Waals surface area contributed by atoms with Crippen LogP contribution in [0.15, 0.2) is 18.2 Å². The summed E-state index contributed by atoms with van der Waals surface area (Å²) in [5.41, 5.74) is 7.65. The first kappa shape index (κ1) is 14.8. The van der Waals surface area contributed by atoms with Crippen molar-refractivity contribution < 1.29 is 9.59 Å². The van der Waals surface area contributed by atoms with Gasteiger partial charge in [0.05, 0.1) is 17.9 Å². The number of nitrogens with two attached hydrogens (primary N) is 1. The molecule has 0 spiro atoms. The first-order valence-corrected chi connectivity index (χ1v) is 5.89. The van der Waals surface area contributed by atoms with E-state index in [9.17, 15) is 9.59 Å². The molecule has 0 saturated heterocycles. The van der Waals surface area contributed by atoms with E-state index in [1.54, 1.807) is 51.3 Å². The zero-order valence-electron chi connectivity index (χ0n) is 11.7. The monoisotopic (exact) mass is 264 g/mol. The first-order chi connectivity index (χ1) is 8.86. The lowest BCUT2D eigenvalue weighted by Gasteiger charge is -2.21. The van der Waals surface area contributed by atoms with Crippen molar-refractivity contribution in [3.63, 3.8) is 0 Å². The molecule has 6 nitrogen and oxygen atoms in total. The smallest absolute Gasteiger partial charge is 0.253 e. The van der Waals surface area contributed by atoms with Gasteiger partial charge >= 0.3 is 0 Å². The molecular formula is C13H20N4O2. The largest absolute Gasteiger partial charge is 0.397 e. The maximum Gasteiger partial charge on any atom is 0.253 e. The van der Waals surface area contributed by atoms with Gasteiger partial charge in [-0.05, 0) is 18.2 Å². The van der Waals surface area contributed by atoms with Crippen LogP contribution in [0.3, 0.4) is 0 Å². The normalized spacial score (nSPS) is 9.89. The number of nitrogens with zero attached hydrogens (tertiary/aromatic N) is 2. The molecule has 0 aliphatic rings. The molecule has 2 amide bonds. The summed E-state index contributed by atoms with van der Waals surface area (Å²) in [5.74, 6) is -0.206. The Morgan fingerprint density at radius 3 is 2.37 bits per heavy atom. The summed E-state index contributed by atoms with van der Waals surface area (Å²) in [6.45, 7) is 0.210. The number of benzene rings is 1. The van der Waals surface area contributed by atoms with E-state index < -0.39 is 0 Å². The number of anilines is 2. The summed E-state index contributed by atoms with van der Waals surface area (Å²) in [4.78, 5) is 26.3. The van der Waals surface area contributed by atoms with Crippen LogP contribution in [0.4, 0.5) is 11.4 Å². The maximum absolute atomic E-state index is 11.8. The molecule has 6 heteroatoms. The molecule has 0 aliphatic carbocycles. The third-order valence-electron chi connectivity index (χ3n) is 2.75. The van der Waals surface area contributed by atoms with Gasteiger partial charge in [-0.3, -0.25) is 9.59 Å². The number of carbonyl (C=O) groups excluding carboxylic acids is 2. The van der Waals surface area contributed by atoms with E-state index in [1.807, 2.05) is 0 Å². The van der Waals surface area contributed by atoms with Crippen molar-refractivity contribution >= 4 is 23.2 Å². The standard InChI is InChI=1S/C13H20N4O2/c1-15-12(18)8-17(4)11-6-5-9(7-10(11)14)13(19)16(2)3/h5-7H,8,14H2,1-4H3,(H,15,18). The molecule has 0 bridgehead atoms. The average molecular weight is 264 g/mol. The van der Waals surface area contributed by atoms with Crippen molar-refractivity contribution in [1.82, 2.24) is 10.2 Å². The maximum atomic E-state index is 11.8. The zero-order valence-corrected chi connectivity index (χ0v) is 11.7. The fourth-order valence-corrected chi connectivity index (χ4v) is 1.67. The van der Waals surface area contributed by atoms with Crippen LogP contribution in [0.1, 0.15) is 10.4 Å². The molecular weight excluding hydrogens is 244 g/mol. The molecule has 1 aromatic carbocycles. The number of nitrogen functional groups attached to an aromatic ring is 1. The molecule has 104 valence electrons. The van der Waals surface area contributed by atoms with Crippen LogP contribution < -0.4 is 16.0 Å². The van der Waals surface area contributed by atoms with Crippen LogP contribution in [-0.2, 0) is 4.79 Å². The van der Waals surface area contributed by atoms with Gasteiger partial charge in [0, 0.05) is 33.8 Å². The summed E-state index contributed by atoms with van der Waals surface area (Å²) >= 11 is 0. The Hall–Kier alpha value is -2.24. The fraction of sp³-hybridized carbons (Fsp3) is 0.385. The second kappa shape index (κ2) is 6.08. The van der Waals surface area contributed by atoms with E-state index >= 15 is 0 Å². The summed E-state index contributed by atoms with van der Waals surface area (Å²) in [6, 6.07) is 5.07. The third kappa shape index (κ3) is 3.61. The highest BCUT2D eigenvalue weighted by molar-refractivity contribution is 5.96. The predicted molar refractivity (Wildman–Crippen MR) is 76.2 cm³/mol. The molecule has 0 saturated carbocycles. The van der Waals surface area contributed by atoms with E-state index in [0.717, 1.165) is 5.69 Å². The molecule has 0 radical (unpaired) electrons. The lowest BCUT2D eigenvalue weighted by atomic mass is 10.1. The number of nitrogens with one attached hydrogen (secondary N) is 1. The highest BCUT2D eigenvalue weighted by Gasteiger charge is 2.13. The fourth-order valence-electron chi connectivity index (χ4n) is 1.67. The van der Waals surface area contributed by atoms with Crippen LogP contribution in [-0.4, -0.2) is 51.4 Å². The van der Waals surface area contributed by atoms with Gasteiger partial charge in [0.25, 0.3) is 5.91 Å². The molecule has 0 aromatic heterocycles. The minimum absolute atomic E-state index is 0.102. The Bertz CT molecular complexity index is 486. The molecule has 0 unspecified atom stereocenters. The Kier molecular flexibility index (Phi) is 4.74. The topological polar surface area (TPSA) is 78.7 Å². The SMILES string of the molecule is CNC(=O)CN(C)c1ccc(C(=O)N(C)C)cc1N. The van der Waals surface area contributed by atoms with Crippen molar-refractivity contribution in [1.29, 1.82) is 0 Å². The summed E-state index contributed by atoms with van der Waals surface area (Å²) in [5, 5.41) is 2.55. The van der Waals surface area contributed by atoms with E-state index in [0.29, 0.717) is 11.3 Å². The van der Waals surface area contributed by atoms with E-state index in [-0.39, 0.29) is 18.4 Å². The van der Waals surface area contributed by atoms with Crippen molar-refractivity contribution in [2.75, 3.05) is 45.4 Å². The van der Waals surface area contributed by atoms with E-state index in [4.69, 9.17) is 5.73 Å². The van der Waals surface area contributed by atoms with Crippen molar-refractivity contribution in [2.45, 2.75) is 0 Å². The van der Waals surface area contributed by atoms with Gasteiger partial charge < -0.3 is 20.9 Å². The molecule has 3 N–H and O–H groups in total. The lowest BCUT2D eigenvalue weighted by Crippen LogP contribution is -2.33. The molecule has 0 fully saturated rings. The van der Waals surface area contributed by atoms with Crippen LogP contribution in [0, 0.1) is 0 Å². The second-order valence-electron chi connectivity index (χ2n) is 4.50. The van der Waals surface area contributed by atoms with Crippen LogP contribution in [0.25, 0.3) is 0 Å². The van der Waals surface area contributed by atoms with Gasteiger partial charge in [0.15, 0.2) is 0 Å². The molecule has 0 atom stereocenters.